The molecule has 0 spiro atoms. The molecule has 1 N–H and O–H groups in total. The predicted octanol–water partition coefficient (Wildman–Crippen LogP) is 0.957. The summed E-state index contributed by atoms with van der Waals surface area (Å²) in [4.78, 5) is 33.5. The predicted molar refractivity (Wildman–Crippen MR) is 108 cm³/mol. The van der Waals surface area contributed by atoms with Gasteiger partial charge in [-0.25, -0.2) is 4.98 Å². The fourth-order valence-corrected chi connectivity index (χ4v) is 3.91. The summed E-state index contributed by atoms with van der Waals surface area (Å²) in [5.41, 5.74) is 1.93. The number of aromatic nitrogens is 2. The molecule has 144 valence electrons. The number of carbonyl (C=O) groups is 1. The first kappa shape index (κ1) is 18.4. The molecule has 28 heavy (non-hydrogen) atoms. The second-order valence-corrected chi connectivity index (χ2v) is 7.23. The lowest BCUT2D eigenvalue weighted by molar-refractivity contribution is -0.917. The standard InChI is InChI=1S/C22H24N4O2/c1-2-26-20-18(9-6-10-23-20)15-19(22(26)28)21(27)25-13-11-24(12-14-25)16-17-7-4-3-5-8-17/h3-10,15H,2,11-14,16H2,1H3/p+1. The van der Waals surface area contributed by atoms with Crippen LogP contribution in [0.25, 0.3) is 11.0 Å². The van der Waals surface area contributed by atoms with E-state index in [-0.39, 0.29) is 17.0 Å². The molecule has 3 heterocycles. The van der Waals surface area contributed by atoms with Gasteiger partial charge in [0, 0.05) is 23.7 Å². The number of nitrogens with zero attached hydrogens (tertiary/aromatic N) is 3. The highest BCUT2D eigenvalue weighted by molar-refractivity contribution is 5.97. The first-order valence-corrected chi connectivity index (χ1v) is 9.82. The fourth-order valence-electron chi connectivity index (χ4n) is 3.91. The maximum absolute atomic E-state index is 13.1. The van der Waals surface area contributed by atoms with E-state index in [1.54, 1.807) is 16.8 Å². The number of nitrogens with one attached hydrogen (secondary N) is 1. The lowest BCUT2D eigenvalue weighted by Crippen LogP contribution is -3.13. The van der Waals surface area contributed by atoms with Crippen molar-refractivity contribution in [1.82, 2.24) is 14.5 Å². The maximum atomic E-state index is 13.1. The van der Waals surface area contributed by atoms with Crippen LogP contribution in [0.4, 0.5) is 0 Å². The molecule has 1 saturated heterocycles. The molecular formula is C22H25N4O2+. The molecule has 0 atom stereocenters. The van der Waals surface area contributed by atoms with Gasteiger partial charge in [0.25, 0.3) is 11.5 Å². The number of benzene rings is 1. The number of piperazine rings is 1. The van der Waals surface area contributed by atoms with Crippen LogP contribution < -0.4 is 10.5 Å². The summed E-state index contributed by atoms with van der Waals surface area (Å²) in [7, 11) is 0. The summed E-state index contributed by atoms with van der Waals surface area (Å²) in [5.74, 6) is -0.170. The Morgan fingerprint density at radius 3 is 2.57 bits per heavy atom. The molecule has 4 rings (SSSR count). The fraction of sp³-hybridized carbons (Fsp3) is 0.318. The maximum Gasteiger partial charge on any atom is 0.265 e. The van der Waals surface area contributed by atoms with E-state index in [2.05, 4.69) is 29.2 Å². The molecule has 1 aliphatic heterocycles. The zero-order valence-electron chi connectivity index (χ0n) is 16.1. The van der Waals surface area contributed by atoms with E-state index in [0.717, 1.165) is 25.0 Å². The number of rotatable bonds is 4. The van der Waals surface area contributed by atoms with E-state index >= 15 is 0 Å². The molecule has 6 nitrogen and oxygen atoms in total. The van der Waals surface area contributed by atoms with Crippen molar-refractivity contribution < 1.29 is 9.69 Å². The Hall–Kier alpha value is -2.99. The van der Waals surface area contributed by atoms with Gasteiger partial charge in [0.1, 0.15) is 17.8 Å². The van der Waals surface area contributed by atoms with Crippen LogP contribution in [0.3, 0.4) is 0 Å². The van der Waals surface area contributed by atoms with Gasteiger partial charge < -0.3 is 9.80 Å². The molecular weight excluding hydrogens is 352 g/mol. The van der Waals surface area contributed by atoms with Gasteiger partial charge >= 0.3 is 0 Å². The minimum absolute atomic E-state index is 0.170. The lowest BCUT2D eigenvalue weighted by Gasteiger charge is -2.32. The summed E-state index contributed by atoms with van der Waals surface area (Å²) in [6, 6.07) is 15.8. The zero-order chi connectivity index (χ0) is 19.5. The van der Waals surface area contributed by atoms with Crippen LogP contribution >= 0.6 is 0 Å². The van der Waals surface area contributed by atoms with Crippen LogP contribution in [0.15, 0.2) is 59.5 Å². The highest BCUT2D eigenvalue weighted by Crippen LogP contribution is 2.12. The topological polar surface area (TPSA) is 59.6 Å². The van der Waals surface area contributed by atoms with Gasteiger partial charge in [0.15, 0.2) is 0 Å². The largest absolute Gasteiger partial charge is 0.328 e. The number of hydrogen-bond acceptors (Lipinski definition) is 3. The molecule has 3 aromatic rings. The molecule has 1 aromatic carbocycles. The van der Waals surface area contributed by atoms with Crippen molar-refractivity contribution in [2.75, 3.05) is 26.2 Å². The number of aryl methyl sites for hydroxylation is 1. The van der Waals surface area contributed by atoms with Gasteiger partial charge in [0.05, 0.1) is 26.2 Å². The SMILES string of the molecule is CCn1c(=O)c(C(=O)N2CC[NH+](Cc3ccccc3)CC2)cc2cccnc21. The van der Waals surface area contributed by atoms with E-state index in [4.69, 9.17) is 0 Å². The van der Waals surface area contributed by atoms with Gasteiger partial charge in [-0.2, -0.15) is 0 Å². The number of quaternary nitrogens is 1. The molecule has 0 aliphatic carbocycles. The van der Waals surface area contributed by atoms with Crippen molar-refractivity contribution in [1.29, 1.82) is 0 Å². The summed E-state index contributed by atoms with van der Waals surface area (Å²) < 4.78 is 1.58. The van der Waals surface area contributed by atoms with Crippen molar-refractivity contribution in [3.8, 4) is 0 Å². The van der Waals surface area contributed by atoms with Crippen LogP contribution in [0.2, 0.25) is 0 Å². The normalized spacial score (nSPS) is 15.1. The average molecular weight is 377 g/mol. The average Bonchev–Trinajstić information content (AvgIpc) is 2.74. The molecule has 0 radical (unpaired) electrons. The number of carbonyl (C=O) groups excluding carboxylic acids is 1. The minimum Gasteiger partial charge on any atom is -0.328 e. The number of amides is 1. The Bertz CT molecular complexity index is 1040. The Labute approximate surface area is 164 Å². The van der Waals surface area contributed by atoms with Crippen molar-refractivity contribution in [3.05, 3.63) is 76.2 Å². The molecule has 0 saturated carbocycles. The van der Waals surface area contributed by atoms with E-state index in [1.165, 1.54) is 10.5 Å². The third-order valence-corrected chi connectivity index (χ3v) is 5.45. The zero-order valence-corrected chi connectivity index (χ0v) is 16.1. The molecule has 1 fully saturated rings. The second kappa shape index (κ2) is 7.94. The quantitative estimate of drug-likeness (QED) is 0.737. The molecule has 1 amide bonds. The lowest BCUT2D eigenvalue weighted by atomic mass is 10.1. The van der Waals surface area contributed by atoms with Gasteiger partial charge in [-0.3, -0.25) is 14.2 Å². The summed E-state index contributed by atoms with van der Waals surface area (Å²) in [6.07, 6.45) is 1.67. The first-order valence-electron chi connectivity index (χ1n) is 9.82. The van der Waals surface area contributed by atoms with Gasteiger partial charge in [-0.1, -0.05) is 30.3 Å². The Kier molecular flexibility index (Phi) is 5.21. The van der Waals surface area contributed by atoms with Crippen molar-refractivity contribution in [2.24, 2.45) is 0 Å². The van der Waals surface area contributed by atoms with Crippen LogP contribution in [0.1, 0.15) is 22.8 Å². The first-order chi connectivity index (χ1) is 13.7. The summed E-state index contributed by atoms with van der Waals surface area (Å²) in [5, 5.41) is 0.820. The number of fused-ring (bicyclic) bond motifs is 1. The van der Waals surface area contributed by atoms with Crippen LogP contribution in [0.5, 0.6) is 0 Å². The Morgan fingerprint density at radius 1 is 1.11 bits per heavy atom. The number of pyridine rings is 2. The van der Waals surface area contributed by atoms with E-state index in [1.807, 2.05) is 30.0 Å². The van der Waals surface area contributed by atoms with Gasteiger partial charge in [-0.15, -0.1) is 0 Å². The highest BCUT2D eigenvalue weighted by Gasteiger charge is 2.27. The highest BCUT2D eigenvalue weighted by atomic mass is 16.2. The van der Waals surface area contributed by atoms with E-state index in [0.29, 0.717) is 25.3 Å². The van der Waals surface area contributed by atoms with Gasteiger partial charge in [0.2, 0.25) is 0 Å². The van der Waals surface area contributed by atoms with Crippen molar-refractivity contribution in [3.63, 3.8) is 0 Å². The van der Waals surface area contributed by atoms with E-state index < -0.39 is 0 Å². The van der Waals surface area contributed by atoms with Crippen LogP contribution in [0, 0.1) is 0 Å². The third-order valence-electron chi connectivity index (χ3n) is 5.45. The molecule has 6 heteroatoms. The Balaban J connectivity index is 1.51. The number of hydrogen-bond donors (Lipinski definition) is 1. The second-order valence-electron chi connectivity index (χ2n) is 7.23. The van der Waals surface area contributed by atoms with Crippen LogP contribution in [-0.4, -0.2) is 46.5 Å². The van der Waals surface area contributed by atoms with E-state index in [9.17, 15) is 9.59 Å². The smallest absolute Gasteiger partial charge is 0.265 e. The molecule has 0 unspecified atom stereocenters. The molecule has 0 bridgehead atoms. The summed E-state index contributed by atoms with van der Waals surface area (Å²) >= 11 is 0. The van der Waals surface area contributed by atoms with Crippen molar-refractivity contribution in [2.45, 2.75) is 20.0 Å². The monoisotopic (exact) mass is 377 g/mol. The summed E-state index contributed by atoms with van der Waals surface area (Å²) in [6.45, 7) is 6.45. The van der Waals surface area contributed by atoms with Gasteiger partial charge in [-0.05, 0) is 25.1 Å². The third kappa shape index (κ3) is 3.55. The molecule has 1 aliphatic rings. The van der Waals surface area contributed by atoms with Crippen LogP contribution in [-0.2, 0) is 13.1 Å². The van der Waals surface area contributed by atoms with Crippen molar-refractivity contribution >= 4 is 16.9 Å². The molecule has 2 aromatic heterocycles. The Morgan fingerprint density at radius 2 is 1.86 bits per heavy atom. The minimum atomic E-state index is -0.252.